The van der Waals surface area contributed by atoms with Crippen molar-refractivity contribution in [3.8, 4) is 0 Å². The predicted octanol–water partition coefficient (Wildman–Crippen LogP) is 2.64. The van der Waals surface area contributed by atoms with Gasteiger partial charge in [0.15, 0.2) is 11.6 Å². The van der Waals surface area contributed by atoms with E-state index in [-0.39, 0.29) is 50.7 Å². The van der Waals surface area contributed by atoms with Crippen LogP contribution in [0.5, 0.6) is 0 Å². The summed E-state index contributed by atoms with van der Waals surface area (Å²) in [6, 6.07) is 1.76. The van der Waals surface area contributed by atoms with Crippen LogP contribution in [-0.4, -0.2) is 76.5 Å². The largest absolute Gasteiger partial charge is 0.447 e. The van der Waals surface area contributed by atoms with Crippen molar-refractivity contribution in [2.24, 2.45) is 0 Å². The maximum absolute atomic E-state index is 15.1. The number of carbonyl (C=O) groups is 2. The van der Waals surface area contributed by atoms with Crippen molar-refractivity contribution in [1.29, 1.82) is 0 Å². The molecule has 178 valence electrons. The third-order valence-corrected chi connectivity index (χ3v) is 5.36. The normalized spacial score (nSPS) is 19.1. The Morgan fingerprint density at radius 1 is 1.18 bits per heavy atom. The van der Waals surface area contributed by atoms with Crippen LogP contribution in [0.2, 0.25) is 0 Å². The Labute approximate surface area is 189 Å². The second kappa shape index (κ2) is 8.83. The van der Waals surface area contributed by atoms with Gasteiger partial charge in [0.05, 0.1) is 24.5 Å². The van der Waals surface area contributed by atoms with Crippen LogP contribution in [0.25, 0.3) is 0 Å². The van der Waals surface area contributed by atoms with Crippen LogP contribution >= 0.6 is 0 Å². The highest BCUT2D eigenvalue weighted by Crippen LogP contribution is 2.32. The van der Waals surface area contributed by atoms with Crippen molar-refractivity contribution in [3.05, 3.63) is 36.2 Å². The first-order valence-electron chi connectivity index (χ1n) is 10.6. The summed E-state index contributed by atoms with van der Waals surface area (Å²) in [5.41, 5.74) is -0.748. The second-order valence-electron chi connectivity index (χ2n) is 8.94. The van der Waals surface area contributed by atoms with E-state index in [9.17, 15) is 9.59 Å². The highest BCUT2D eigenvalue weighted by molar-refractivity contribution is 5.90. The van der Waals surface area contributed by atoms with Gasteiger partial charge in [-0.2, -0.15) is 0 Å². The minimum atomic E-state index is -0.796. The first-order valence-corrected chi connectivity index (χ1v) is 10.6. The summed E-state index contributed by atoms with van der Waals surface area (Å²) in [5, 5.41) is 7.58. The molecule has 4 rings (SSSR count). The van der Waals surface area contributed by atoms with E-state index in [0.29, 0.717) is 0 Å². The summed E-state index contributed by atoms with van der Waals surface area (Å²) in [5.74, 6) is -1.59. The molecule has 1 aromatic heterocycles. The summed E-state index contributed by atoms with van der Waals surface area (Å²) < 4.78 is 42.1. The number of hydrogen-bond donors (Lipinski definition) is 0. The maximum Gasteiger partial charge on any atom is 0.414 e. The van der Waals surface area contributed by atoms with Crippen LogP contribution < -0.4 is 9.80 Å². The molecule has 0 aliphatic carbocycles. The summed E-state index contributed by atoms with van der Waals surface area (Å²) >= 11 is 0. The summed E-state index contributed by atoms with van der Waals surface area (Å²) in [6.07, 6.45) is 1.99. The molecule has 12 heteroatoms. The van der Waals surface area contributed by atoms with Gasteiger partial charge >= 0.3 is 12.2 Å². The number of carbonyl (C=O) groups excluding carboxylic acids is 2. The molecular weight excluding hydrogens is 438 g/mol. The predicted molar refractivity (Wildman–Crippen MR) is 114 cm³/mol. The third kappa shape index (κ3) is 4.99. The second-order valence-corrected chi connectivity index (χ2v) is 8.94. The van der Waals surface area contributed by atoms with Crippen LogP contribution in [0.15, 0.2) is 24.5 Å². The number of anilines is 2. The molecule has 0 saturated carbocycles. The quantitative estimate of drug-likeness (QED) is 0.687. The number of amides is 2. The van der Waals surface area contributed by atoms with E-state index in [1.165, 1.54) is 20.7 Å². The van der Waals surface area contributed by atoms with E-state index in [0.717, 1.165) is 12.1 Å². The lowest BCUT2D eigenvalue weighted by molar-refractivity contribution is 0.0240. The van der Waals surface area contributed by atoms with Gasteiger partial charge in [-0.15, -0.1) is 5.10 Å². The molecule has 1 aromatic carbocycles. The Morgan fingerprint density at radius 3 is 2.42 bits per heavy atom. The van der Waals surface area contributed by atoms with Gasteiger partial charge < -0.3 is 19.3 Å². The molecule has 2 aromatic rings. The molecule has 3 heterocycles. The van der Waals surface area contributed by atoms with Gasteiger partial charge in [-0.3, -0.25) is 9.58 Å². The Hall–Kier alpha value is -3.44. The van der Waals surface area contributed by atoms with E-state index in [1.807, 2.05) is 0 Å². The smallest absolute Gasteiger partial charge is 0.414 e. The number of cyclic esters (lactones) is 1. The van der Waals surface area contributed by atoms with Crippen molar-refractivity contribution < 1.29 is 27.8 Å². The molecule has 0 N–H and O–H groups in total. The molecule has 10 nitrogen and oxygen atoms in total. The van der Waals surface area contributed by atoms with Crippen molar-refractivity contribution in [3.63, 3.8) is 0 Å². The average molecular weight is 464 g/mol. The Kier molecular flexibility index (Phi) is 6.09. The fraction of sp³-hybridized carbons (Fsp3) is 0.524. The molecule has 33 heavy (non-hydrogen) atoms. The molecule has 0 spiro atoms. The molecule has 1 atom stereocenters. The van der Waals surface area contributed by atoms with Crippen LogP contribution in [0.3, 0.4) is 0 Å². The molecule has 1 unspecified atom stereocenters. The first-order chi connectivity index (χ1) is 15.6. The standard InChI is InChI=1S/C21H26F2N6O4/c1-21(2,3)33-19(30)27-8-6-26(7-9-27)18-16(22)10-14(11-17(18)23)29-15(13-32-20(29)31)12-28-5-4-24-25-28/h4-5,10-11,15H,6-9,12-13H2,1-3H3. The average Bonchev–Trinajstić information content (AvgIpc) is 3.36. The number of aromatic nitrogens is 3. The zero-order valence-corrected chi connectivity index (χ0v) is 18.7. The van der Waals surface area contributed by atoms with Crippen molar-refractivity contribution in [2.75, 3.05) is 42.6 Å². The first kappa shape index (κ1) is 22.7. The van der Waals surface area contributed by atoms with E-state index >= 15 is 8.78 Å². The molecule has 2 fully saturated rings. The van der Waals surface area contributed by atoms with Crippen molar-refractivity contribution in [2.45, 2.75) is 39.0 Å². The Balaban J connectivity index is 1.47. The SMILES string of the molecule is CC(C)(C)OC(=O)N1CCN(c2c(F)cc(N3C(=O)OCC3Cn3ccnn3)cc2F)CC1. The number of halogens is 2. The van der Waals surface area contributed by atoms with Gasteiger partial charge in [0, 0.05) is 44.5 Å². The molecule has 2 aliphatic heterocycles. The van der Waals surface area contributed by atoms with Gasteiger partial charge in [-0.1, -0.05) is 5.21 Å². The number of rotatable bonds is 4. The van der Waals surface area contributed by atoms with Crippen molar-refractivity contribution in [1.82, 2.24) is 19.9 Å². The van der Waals surface area contributed by atoms with E-state index in [2.05, 4.69) is 10.3 Å². The molecular formula is C21H26F2N6O4. The topological polar surface area (TPSA) is 93.0 Å². The minimum Gasteiger partial charge on any atom is -0.447 e. The van der Waals surface area contributed by atoms with Gasteiger partial charge in [0.25, 0.3) is 0 Å². The van der Waals surface area contributed by atoms with Crippen LogP contribution in [0, 0.1) is 11.6 Å². The summed E-state index contributed by atoms with van der Waals surface area (Å²) in [7, 11) is 0. The van der Waals surface area contributed by atoms with E-state index < -0.39 is 35.5 Å². The Bertz CT molecular complexity index is 995. The van der Waals surface area contributed by atoms with Gasteiger partial charge in [0.2, 0.25) is 0 Å². The minimum absolute atomic E-state index is 0.0637. The molecule has 0 radical (unpaired) electrons. The van der Waals surface area contributed by atoms with Crippen molar-refractivity contribution >= 4 is 23.6 Å². The molecule has 2 aliphatic rings. The summed E-state index contributed by atoms with van der Waals surface area (Å²) in [6.45, 7) is 6.70. The zero-order valence-electron chi connectivity index (χ0n) is 18.7. The maximum atomic E-state index is 15.1. The van der Waals surface area contributed by atoms with Gasteiger partial charge in [0.1, 0.15) is 17.9 Å². The van der Waals surface area contributed by atoms with E-state index in [4.69, 9.17) is 9.47 Å². The monoisotopic (exact) mass is 464 g/mol. The number of nitrogens with zero attached hydrogens (tertiary/aromatic N) is 6. The highest BCUT2D eigenvalue weighted by atomic mass is 19.1. The number of hydrogen-bond acceptors (Lipinski definition) is 7. The fourth-order valence-electron chi connectivity index (χ4n) is 3.89. The Morgan fingerprint density at radius 2 is 1.85 bits per heavy atom. The number of piperazine rings is 1. The highest BCUT2D eigenvalue weighted by Gasteiger charge is 2.36. The number of benzene rings is 1. The zero-order chi connectivity index (χ0) is 23.8. The third-order valence-electron chi connectivity index (χ3n) is 5.36. The number of ether oxygens (including phenoxy) is 2. The molecule has 0 bridgehead atoms. The van der Waals surface area contributed by atoms with Gasteiger partial charge in [-0.05, 0) is 20.8 Å². The van der Waals surface area contributed by atoms with Gasteiger partial charge in [-0.25, -0.2) is 18.4 Å². The van der Waals surface area contributed by atoms with E-state index in [1.54, 1.807) is 31.9 Å². The molecule has 2 saturated heterocycles. The van der Waals surface area contributed by atoms with Crippen LogP contribution in [0.4, 0.5) is 29.7 Å². The lowest BCUT2D eigenvalue weighted by atomic mass is 10.1. The van der Waals surface area contributed by atoms with Crippen LogP contribution in [0.1, 0.15) is 20.8 Å². The lowest BCUT2D eigenvalue weighted by Crippen LogP contribution is -2.50. The summed E-state index contributed by atoms with van der Waals surface area (Å²) in [4.78, 5) is 28.8. The lowest BCUT2D eigenvalue weighted by Gasteiger charge is -2.37. The molecule has 2 amide bonds. The fourth-order valence-corrected chi connectivity index (χ4v) is 3.89. The van der Waals surface area contributed by atoms with Crippen LogP contribution in [-0.2, 0) is 16.0 Å².